The van der Waals surface area contributed by atoms with E-state index in [0.717, 1.165) is 13.2 Å². The molecule has 0 saturated carbocycles. The first-order valence-electron chi connectivity index (χ1n) is 8.74. The Labute approximate surface area is 165 Å². The van der Waals surface area contributed by atoms with Gasteiger partial charge in [-0.2, -0.15) is 13.2 Å². The summed E-state index contributed by atoms with van der Waals surface area (Å²) in [5.41, 5.74) is -0.998. The number of carbonyl (C=O) groups excluding carboxylic acids is 1. The third kappa shape index (κ3) is 5.52. The number of aryl methyl sites for hydroxylation is 1. The molecule has 0 heterocycles. The zero-order chi connectivity index (χ0) is 21.6. The lowest BCUT2D eigenvalue weighted by atomic mass is 10.1. The summed E-state index contributed by atoms with van der Waals surface area (Å²) >= 11 is 0. The summed E-state index contributed by atoms with van der Waals surface area (Å²) in [5.74, 6) is -1.25. The minimum atomic E-state index is -4.74. The molecular weight excluding hydrogens is 396 g/mol. The first-order chi connectivity index (χ1) is 13.7. The molecular formula is C20H20F4O5. The zero-order valence-corrected chi connectivity index (χ0v) is 16.1. The van der Waals surface area contributed by atoms with Crippen molar-refractivity contribution >= 4 is 6.16 Å². The Morgan fingerprint density at radius 2 is 1.72 bits per heavy atom. The quantitative estimate of drug-likeness (QED) is 0.338. The molecule has 0 aromatic heterocycles. The number of ether oxygens (including phenoxy) is 4. The van der Waals surface area contributed by atoms with Gasteiger partial charge in [-0.3, -0.25) is 0 Å². The molecule has 0 radical (unpaired) electrons. The molecule has 2 aromatic rings. The maximum absolute atomic E-state index is 14.1. The Morgan fingerprint density at radius 3 is 2.31 bits per heavy atom. The lowest BCUT2D eigenvalue weighted by Crippen LogP contribution is -2.13. The zero-order valence-electron chi connectivity index (χ0n) is 16.1. The molecule has 0 unspecified atom stereocenters. The van der Waals surface area contributed by atoms with Crippen molar-refractivity contribution in [2.75, 3.05) is 13.7 Å². The van der Waals surface area contributed by atoms with Crippen LogP contribution >= 0.6 is 0 Å². The first kappa shape index (κ1) is 22.3. The van der Waals surface area contributed by atoms with Crippen molar-refractivity contribution in [3.63, 3.8) is 0 Å². The van der Waals surface area contributed by atoms with Gasteiger partial charge in [0.15, 0.2) is 0 Å². The van der Waals surface area contributed by atoms with Gasteiger partial charge in [-0.05, 0) is 37.1 Å². The van der Waals surface area contributed by atoms with Gasteiger partial charge in [0.1, 0.15) is 29.7 Å². The number of rotatable bonds is 7. The maximum atomic E-state index is 14.1. The van der Waals surface area contributed by atoms with Crippen molar-refractivity contribution < 1.29 is 41.3 Å². The summed E-state index contributed by atoms with van der Waals surface area (Å²) in [4.78, 5) is 11.5. The van der Waals surface area contributed by atoms with E-state index in [4.69, 9.17) is 14.2 Å². The molecule has 0 fully saturated rings. The van der Waals surface area contributed by atoms with Crippen LogP contribution in [0.1, 0.15) is 30.5 Å². The molecule has 0 N–H and O–H groups in total. The van der Waals surface area contributed by atoms with Crippen LogP contribution in [0, 0.1) is 5.82 Å². The molecule has 5 nitrogen and oxygen atoms in total. The van der Waals surface area contributed by atoms with E-state index in [9.17, 15) is 22.4 Å². The molecule has 0 bridgehead atoms. The number of halogens is 4. The number of alkyl halides is 3. The van der Waals surface area contributed by atoms with Crippen LogP contribution in [0.5, 0.6) is 17.2 Å². The Morgan fingerprint density at radius 1 is 1.03 bits per heavy atom. The number of hydrogen-bond donors (Lipinski definition) is 0. The maximum Gasteiger partial charge on any atom is 0.513 e. The predicted molar refractivity (Wildman–Crippen MR) is 95.8 cm³/mol. The van der Waals surface area contributed by atoms with E-state index in [1.54, 1.807) is 13.8 Å². The van der Waals surface area contributed by atoms with Gasteiger partial charge in [0.2, 0.25) is 0 Å². The van der Waals surface area contributed by atoms with Gasteiger partial charge in [0, 0.05) is 6.07 Å². The largest absolute Gasteiger partial charge is 0.513 e. The fourth-order valence-corrected chi connectivity index (χ4v) is 2.57. The number of methoxy groups -OCH3 is 1. The molecule has 0 saturated heterocycles. The minimum absolute atomic E-state index is 0.0120. The highest BCUT2D eigenvalue weighted by molar-refractivity contribution is 5.65. The van der Waals surface area contributed by atoms with Gasteiger partial charge >= 0.3 is 12.3 Å². The molecule has 2 rings (SSSR count). The number of carbonyl (C=O) groups is 1. The summed E-state index contributed by atoms with van der Waals surface area (Å²) in [5, 5.41) is 0. The average Bonchev–Trinajstić information content (AvgIpc) is 2.66. The van der Waals surface area contributed by atoms with Crippen molar-refractivity contribution in [2.45, 2.75) is 33.1 Å². The van der Waals surface area contributed by atoms with Gasteiger partial charge < -0.3 is 18.9 Å². The van der Waals surface area contributed by atoms with E-state index in [1.165, 1.54) is 18.2 Å². The highest BCUT2D eigenvalue weighted by Gasteiger charge is 2.35. The van der Waals surface area contributed by atoms with E-state index < -0.39 is 36.1 Å². The molecule has 0 atom stereocenters. The Bertz CT molecular complexity index is 865. The predicted octanol–water partition coefficient (Wildman–Crippen LogP) is 5.53. The van der Waals surface area contributed by atoms with Crippen LogP contribution in [-0.4, -0.2) is 19.9 Å². The second kappa shape index (κ2) is 9.49. The topological polar surface area (TPSA) is 54.0 Å². The Kier molecular flexibility index (Phi) is 7.30. The first-order valence-corrected chi connectivity index (χ1v) is 8.74. The van der Waals surface area contributed by atoms with Crippen molar-refractivity contribution in [3.05, 3.63) is 52.8 Å². The van der Waals surface area contributed by atoms with Crippen LogP contribution in [0.4, 0.5) is 22.4 Å². The van der Waals surface area contributed by atoms with Crippen LogP contribution < -0.4 is 14.2 Å². The number of hydrogen-bond acceptors (Lipinski definition) is 5. The Balaban J connectivity index is 2.42. The van der Waals surface area contributed by atoms with Crippen molar-refractivity contribution in [3.8, 4) is 17.2 Å². The highest BCUT2D eigenvalue weighted by atomic mass is 19.4. The SMILES string of the molecule is CCOc1cccc(OC(=O)OC)c1COc1cc(F)c(CC)cc1C(F)(F)F. The van der Waals surface area contributed by atoms with E-state index in [-0.39, 0.29) is 35.7 Å². The van der Waals surface area contributed by atoms with Crippen LogP contribution in [0.3, 0.4) is 0 Å². The normalized spacial score (nSPS) is 11.1. The summed E-state index contributed by atoms with van der Waals surface area (Å²) in [6.45, 7) is 3.05. The van der Waals surface area contributed by atoms with E-state index >= 15 is 0 Å². The lowest BCUT2D eigenvalue weighted by molar-refractivity contribution is -0.139. The smallest absolute Gasteiger partial charge is 0.493 e. The van der Waals surface area contributed by atoms with Gasteiger partial charge in [0.25, 0.3) is 0 Å². The lowest BCUT2D eigenvalue weighted by Gasteiger charge is -2.18. The molecule has 0 amide bonds. The third-order valence-corrected chi connectivity index (χ3v) is 3.96. The molecule has 2 aromatic carbocycles. The summed E-state index contributed by atoms with van der Waals surface area (Å²) in [6.07, 6.45) is -5.66. The molecule has 158 valence electrons. The van der Waals surface area contributed by atoms with Gasteiger partial charge in [-0.1, -0.05) is 13.0 Å². The molecule has 0 aliphatic heterocycles. The van der Waals surface area contributed by atoms with E-state index in [0.29, 0.717) is 6.07 Å². The van der Waals surface area contributed by atoms with E-state index in [1.807, 2.05) is 0 Å². The standard InChI is InChI=1S/C20H20F4O5/c1-4-12-9-14(20(22,23)24)18(10-15(12)21)28-11-13-16(27-5-2)7-6-8-17(13)29-19(25)26-3/h6-10H,4-5,11H2,1-3H3. The van der Waals surface area contributed by atoms with Crippen LogP contribution in [0.2, 0.25) is 0 Å². The monoisotopic (exact) mass is 416 g/mol. The average molecular weight is 416 g/mol. The fraction of sp³-hybridized carbons (Fsp3) is 0.350. The Hall–Kier alpha value is -2.97. The van der Waals surface area contributed by atoms with Gasteiger partial charge in [-0.25, -0.2) is 9.18 Å². The van der Waals surface area contributed by atoms with Crippen molar-refractivity contribution in [1.82, 2.24) is 0 Å². The van der Waals surface area contributed by atoms with Gasteiger partial charge in [-0.15, -0.1) is 0 Å². The van der Waals surface area contributed by atoms with Crippen LogP contribution in [0.25, 0.3) is 0 Å². The summed E-state index contributed by atoms with van der Waals surface area (Å²) in [7, 11) is 1.11. The molecule has 9 heteroatoms. The van der Waals surface area contributed by atoms with E-state index in [2.05, 4.69) is 4.74 Å². The highest BCUT2D eigenvalue weighted by Crippen LogP contribution is 2.39. The molecule has 0 aliphatic rings. The third-order valence-electron chi connectivity index (χ3n) is 3.96. The minimum Gasteiger partial charge on any atom is -0.493 e. The second-order valence-corrected chi connectivity index (χ2v) is 5.80. The van der Waals surface area contributed by atoms with Crippen molar-refractivity contribution in [2.24, 2.45) is 0 Å². The molecule has 0 aliphatic carbocycles. The summed E-state index contributed by atoms with van der Waals surface area (Å²) in [6, 6.07) is 5.90. The fourth-order valence-electron chi connectivity index (χ4n) is 2.57. The van der Waals surface area contributed by atoms with Crippen LogP contribution in [-0.2, 0) is 23.9 Å². The molecule has 29 heavy (non-hydrogen) atoms. The van der Waals surface area contributed by atoms with Crippen molar-refractivity contribution in [1.29, 1.82) is 0 Å². The van der Waals surface area contributed by atoms with Gasteiger partial charge in [0.05, 0.1) is 24.8 Å². The summed E-state index contributed by atoms with van der Waals surface area (Å²) < 4.78 is 74.5. The number of benzene rings is 2. The second-order valence-electron chi connectivity index (χ2n) is 5.80. The van der Waals surface area contributed by atoms with Crippen LogP contribution in [0.15, 0.2) is 30.3 Å². The molecule has 0 spiro atoms.